The first-order valence-electron chi connectivity index (χ1n) is 7.47. The average molecular weight is 289 g/mol. The van der Waals surface area contributed by atoms with Crippen LogP contribution in [-0.2, 0) is 16.0 Å². The molecule has 0 saturated carbocycles. The fourth-order valence-electron chi connectivity index (χ4n) is 2.66. The molecule has 0 aliphatic carbocycles. The molecule has 0 unspecified atom stereocenters. The van der Waals surface area contributed by atoms with Gasteiger partial charge in [0.15, 0.2) is 0 Å². The third kappa shape index (κ3) is 5.55. The molecule has 1 aliphatic rings. The summed E-state index contributed by atoms with van der Waals surface area (Å²) in [4.78, 5) is 24.8. The summed E-state index contributed by atoms with van der Waals surface area (Å²) in [6.07, 6.45) is 3.05. The van der Waals surface area contributed by atoms with Gasteiger partial charge in [0.25, 0.3) is 0 Å². The second kappa shape index (κ2) is 7.78. The number of nitrogens with two attached hydrogens (primary N) is 1. The number of benzene rings is 1. The standard InChI is InChI=1S/C16H23N3O2/c17-15(20)12-19-10-8-14(9-11-19)18-16(21)7-6-13-4-2-1-3-5-13/h1-5,14H,6-12H2,(H2,17,20)(H,18,21). The number of nitrogens with one attached hydrogen (secondary N) is 1. The van der Waals surface area contributed by atoms with E-state index in [1.807, 2.05) is 35.2 Å². The van der Waals surface area contributed by atoms with E-state index in [1.54, 1.807) is 0 Å². The van der Waals surface area contributed by atoms with E-state index in [9.17, 15) is 9.59 Å². The van der Waals surface area contributed by atoms with Crippen LogP contribution in [0.4, 0.5) is 0 Å². The van der Waals surface area contributed by atoms with Crippen LogP contribution in [0.5, 0.6) is 0 Å². The Hall–Kier alpha value is -1.88. The van der Waals surface area contributed by atoms with Crippen molar-refractivity contribution in [2.75, 3.05) is 19.6 Å². The number of aryl methyl sites for hydroxylation is 1. The summed E-state index contributed by atoms with van der Waals surface area (Å²) in [5, 5.41) is 3.08. The predicted octanol–water partition coefficient (Wildman–Crippen LogP) is 0.685. The van der Waals surface area contributed by atoms with Crippen LogP contribution in [0.2, 0.25) is 0 Å². The lowest BCUT2D eigenvalue weighted by atomic mass is 10.0. The third-order valence-corrected chi connectivity index (χ3v) is 3.82. The Morgan fingerprint density at radius 2 is 1.86 bits per heavy atom. The fraction of sp³-hybridized carbons (Fsp3) is 0.500. The minimum absolute atomic E-state index is 0.104. The Labute approximate surface area is 125 Å². The van der Waals surface area contributed by atoms with Gasteiger partial charge in [-0.25, -0.2) is 0 Å². The van der Waals surface area contributed by atoms with Gasteiger partial charge in [-0.1, -0.05) is 30.3 Å². The minimum Gasteiger partial charge on any atom is -0.369 e. The van der Waals surface area contributed by atoms with Crippen molar-refractivity contribution in [3.63, 3.8) is 0 Å². The lowest BCUT2D eigenvalue weighted by Crippen LogP contribution is -2.46. The van der Waals surface area contributed by atoms with Crippen molar-refractivity contribution >= 4 is 11.8 Å². The van der Waals surface area contributed by atoms with E-state index >= 15 is 0 Å². The highest BCUT2D eigenvalue weighted by Crippen LogP contribution is 2.10. The Morgan fingerprint density at radius 1 is 1.19 bits per heavy atom. The number of rotatable bonds is 6. The number of nitrogens with zero attached hydrogens (tertiary/aromatic N) is 1. The number of amides is 2. The highest BCUT2D eigenvalue weighted by molar-refractivity contribution is 5.76. The van der Waals surface area contributed by atoms with Gasteiger partial charge in [0.2, 0.25) is 11.8 Å². The Kier molecular flexibility index (Phi) is 5.75. The van der Waals surface area contributed by atoms with Crippen LogP contribution in [0, 0.1) is 0 Å². The van der Waals surface area contributed by atoms with Crippen molar-refractivity contribution in [3.8, 4) is 0 Å². The van der Waals surface area contributed by atoms with Crippen LogP contribution < -0.4 is 11.1 Å². The van der Waals surface area contributed by atoms with Crippen LogP contribution in [0.1, 0.15) is 24.8 Å². The van der Waals surface area contributed by atoms with E-state index in [2.05, 4.69) is 5.32 Å². The van der Waals surface area contributed by atoms with Crippen molar-refractivity contribution in [3.05, 3.63) is 35.9 Å². The first-order valence-corrected chi connectivity index (χ1v) is 7.47. The molecule has 0 aromatic heterocycles. The largest absolute Gasteiger partial charge is 0.369 e. The van der Waals surface area contributed by atoms with E-state index in [0.29, 0.717) is 13.0 Å². The molecule has 21 heavy (non-hydrogen) atoms. The first-order chi connectivity index (χ1) is 10.1. The smallest absolute Gasteiger partial charge is 0.231 e. The second-order valence-corrected chi connectivity index (χ2v) is 5.57. The van der Waals surface area contributed by atoms with Crippen LogP contribution in [0.3, 0.4) is 0 Å². The topological polar surface area (TPSA) is 75.4 Å². The zero-order valence-electron chi connectivity index (χ0n) is 12.3. The lowest BCUT2D eigenvalue weighted by Gasteiger charge is -2.31. The monoisotopic (exact) mass is 289 g/mol. The summed E-state index contributed by atoms with van der Waals surface area (Å²) in [6, 6.07) is 10.2. The first kappa shape index (κ1) is 15.5. The maximum Gasteiger partial charge on any atom is 0.231 e. The second-order valence-electron chi connectivity index (χ2n) is 5.57. The van der Waals surface area contributed by atoms with Gasteiger partial charge in [0, 0.05) is 25.6 Å². The number of piperidine rings is 1. The molecule has 2 rings (SSSR count). The van der Waals surface area contributed by atoms with Crippen molar-refractivity contribution < 1.29 is 9.59 Å². The summed E-state index contributed by atoms with van der Waals surface area (Å²) in [5.41, 5.74) is 6.37. The molecule has 3 N–H and O–H groups in total. The van der Waals surface area contributed by atoms with Crippen LogP contribution in [0.15, 0.2) is 30.3 Å². The number of likely N-dealkylation sites (tertiary alicyclic amines) is 1. The van der Waals surface area contributed by atoms with Gasteiger partial charge in [-0.05, 0) is 24.8 Å². The molecule has 1 saturated heterocycles. The van der Waals surface area contributed by atoms with Crippen LogP contribution in [0.25, 0.3) is 0 Å². The zero-order chi connectivity index (χ0) is 15.1. The molecule has 0 atom stereocenters. The molecule has 0 spiro atoms. The molecule has 5 nitrogen and oxygen atoms in total. The van der Waals surface area contributed by atoms with Crippen molar-refractivity contribution in [1.29, 1.82) is 0 Å². The molecule has 1 heterocycles. The number of carbonyl (C=O) groups excluding carboxylic acids is 2. The Balaban J connectivity index is 1.66. The number of hydrogen-bond acceptors (Lipinski definition) is 3. The molecule has 1 aromatic carbocycles. The van der Waals surface area contributed by atoms with E-state index < -0.39 is 0 Å². The Morgan fingerprint density at radius 3 is 2.48 bits per heavy atom. The van der Waals surface area contributed by atoms with Gasteiger partial charge in [-0.2, -0.15) is 0 Å². The van der Waals surface area contributed by atoms with Crippen LogP contribution >= 0.6 is 0 Å². The van der Waals surface area contributed by atoms with E-state index in [0.717, 1.165) is 32.4 Å². The molecule has 0 bridgehead atoms. The normalized spacial score (nSPS) is 16.6. The van der Waals surface area contributed by atoms with Crippen molar-refractivity contribution in [2.45, 2.75) is 31.7 Å². The Bertz CT molecular complexity index is 468. The highest BCUT2D eigenvalue weighted by Gasteiger charge is 2.21. The maximum atomic E-state index is 11.9. The average Bonchev–Trinajstić information content (AvgIpc) is 2.48. The van der Waals surface area contributed by atoms with E-state index in [1.165, 1.54) is 5.56 Å². The molecule has 1 fully saturated rings. The molecule has 2 amide bonds. The number of primary amides is 1. The molecule has 1 aliphatic heterocycles. The maximum absolute atomic E-state index is 11.9. The van der Waals surface area contributed by atoms with Crippen molar-refractivity contribution in [1.82, 2.24) is 10.2 Å². The van der Waals surface area contributed by atoms with Gasteiger partial charge in [0.1, 0.15) is 0 Å². The molecule has 1 aromatic rings. The van der Waals surface area contributed by atoms with Crippen LogP contribution in [-0.4, -0.2) is 42.4 Å². The van der Waals surface area contributed by atoms with Crippen molar-refractivity contribution in [2.24, 2.45) is 5.73 Å². The fourth-order valence-corrected chi connectivity index (χ4v) is 2.66. The summed E-state index contributed by atoms with van der Waals surface area (Å²) in [5.74, 6) is -0.187. The van der Waals surface area contributed by atoms with Gasteiger partial charge in [-0.15, -0.1) is 0 Å². The summed E-state index contributed by atoms with van der Waals surface area (Å²) in [6.45, 7) is 1.94. The summed E-state index contributed by atoms with van der Waals surface area (Å²) >= 11 is 0. The van der Waals surface area contributed by atoms with Gasteiger partial charge < -0.3 is 11.1 Å². The van der Waals surface area contributed by atoms with E-state index in [4.69, 9.17) is 5.73 Å². The predicted molar refractivity (Wildman–Crippen MR) is 81.6 cm³/mol. The summed E-state index contributed by atoms with van der Waals surface area (Å²) in [7, 11) is 0. The molecule has 114 valence electrons. The molecular weight excluding hydrogens is 266 g/mol. The summed E-state index contributed by atoms with van der Waals surface area (Å²) < 4.78 is 0. The van der Waals surface area contributed by atoms with Gasteiger partial charge in [0.05, 0.1) is 6.54 Å². The quantitative estimate of drug-likeness (QED) is 0.809. The lowest BCUT2D eigenvalue weighted by molar-refractivity contribution is -0.123. The highest BCUT2D eigenvalue weighted by atomic mass is 16.2. The van der Waals surface area contributed by atoms with Gasteiger partial charge >= 0.3 is 0 Å². The number of hydrogen-bond donors (Lipinski definition) is 2. The zero-order valence-corrected chi connectivity index (χ0v) is 12.3. The third-order valence-electron chi connectivity index (χ3n) is 3.82. The van der Waals surface area contributed by atoms with E-state index in [-0.39, 0.29) is 17.9 Å². The van der Waals surface area contributed by atoms with Gasteiger partial charge in [-0.3, -0.25) is 14.5 Å². The molecular formula is C16H23N3O2. The number of carbonyl (C=O) groups is 2. The molecule has 5 heteroatoms. The molecule has 0 radical (unpaired) electrons. The minimum atomic E-state index is -0.291. The SMILES string of the molecule is NC(=O)CN1CCC(NC(=O)CCc2ccccc2)CC1.